The molecule has 0 unspecified atom stereocenters. The molecular weight excluding hydrogens is 529 g/mol. The molecular formula is C26H58O4S3Si2. The molecule has 9 heteroatoms. The van der Waals surface area contributed by atoms with Crippen LogP contribution >= 0.6 is 31.4 Å². The first kappa shape index (κ1) is 36.3. The summed E-state index contributed by atoms with van der Waals surface area (Å²) in [7, 11) is 4.78. The molecule has 0 amide bonds. The summed E-state index contributed by atoms with van der Waals surface area (Å²) in [5.41, 5.74) is -0.635. The topological polar surface area (TPSA) is 36.9 Å². The van der Waals surface area contributed by atoms with Crippen LogP contribution in [0.4, 0.5) is 0 Å². The molecule has 0 aliphatic rings. The van der Waals surface area contributed by atoms with Crippen molar-refractivity contribution in [1.82, 2.24) is 0 Å². The number of hydrogen-bond acceptors (Lipinski definition) is 7. The molecule has 0 fully saturated rings. The van der Waals surface area contributed by atoms with Crippen molar-refractivity contribution in [2.75, 3.05) is 37.9 Å². The molecule has 0 N–H and O–H groups in total. The third kappa shape index (κ3) is 19.1. The molecule has 0 bridgehead atoms. The van der Waals surface area contributed by atoms with Crippen molar-refractivity contribution >= 4 is 50.5 Å². The van der Waals surface area contributed by atoms with Crippen LogP contribution in [0, 0.1) is 0 Å². The number of rotatable bonds is 28. The second-order valence-electron chi connectivity index (χ2n) is 9.43. The Labute approximate surface area is 235 Å². The Morgan fingerprint density at radius 3 is 1.06 bits per heavy atom. The zero-order chi connectivity index (χ0) is 26.1. The van der Waals surface area contributed by atoms with Crippen LogP contribution in [-0.4, -0.2) is 67.8 Å². The van der Waals surface area contributed by atoms with Crippen LogP contribution in [0.5, 0.6) is 0 Å². The van der Waals surface area contributed by atoms with Gasteiger partial charge in [-0.1, -0.05) is 114 Å². The SMILES string of the molecule is CCCCOC(CSSSCC(OCCCC)(OCCCC)[SiH2]CCC)(OCCCC)[SiH2]CCC. The summed E-state index contributed by atoms with van der Waals surface area (Å²) in [6.07, 6.45) is 11.6. The van der Waals surface area contributed by atoms with Crippen LogP contribution < -0.4 is 0 Å². The van der Waals surface area contributed by atoms with Crippen molar-refractivity contribution in [3.8, 4) is 0 Å². The molecule has 0 aliphatic carbocycles. The molecule has 4 nitrogen and oxygen atoms in total. The fourth-order valence-corrected chi connectivity index (χ4v) is 12.9. The van der Waals surface area contributed by atoms with E-state index in [0.717, 1.165) is 89.3 Å². The van der Waals surface area contributed by atoms with Crippen LogP contribution in [0.3, 0.4) is 0 Å². The van der Waals surface area contributed by atoms with Gasteiger partial charge in [-0.15, -0.1) is 0 Å². The number of unbranched alkanes of at least 4 members (excludes halogenated alkanes) is 4. The average molecular weight is 587 g/mol. The highest BCUT2D eigenvalue weighted by molar-refractivity contribution is 9.09. The summed E-state index contributed by atoms with van der Waals surface area (Å²) in [4.78, 5) is 0. The summed E-state index contributed by atoms with van der Waals surface area (Å²) < 4.78 is 26.0. The van der Waals surface area contributed by atoms with E-state index in [1.54, 1.807) is 0 Å². The van der Waals surface area contributed by atoms with Crippen molar-refractivity contribution in [2.45, 2.75) is 129 Å². The van der Waals surface area contributed by atoms with Gasteiger partial charge in [0.25, 0.3) is 0 Å². The normalized spacial score (nSPS) is 13.2. The van der Waals surface area contributed by atoms with Gasteiger partial charge in [-0.05, 0) is 35.5 Å². The quantitative estimate of drug-likeness (QED) is 0.0405. The van der Waals surface area contributed by atoms with Gasteiger partial charge >= 0.3 is 0 Å². The lowest BCUT2D eigenvalue weighted by atomic mass is 10.3. The lowest BCUT2D eigenvalue weighted by molar-refractivity contribution is -0.166. The maximum absolute atomic E-state index is 6.50. The van der Waals surface area contributed by atoms with Crippen LogP contribution in [0.2, 0.25) is 12.1 Å². The molecule has 0 aromatic carbocycles. The summed E-state index contributed by atoms with van der Waals surface area (Å²) in [5.74, 6) is 1.86. The minimum atomic E-state index is -0.469. The monoisotopic (exact) mass is 586 g/mol. The number of ether oxygens (including phenoxy) is 4. The van der Waals surface area contributed by atoms with Gasteiger partial charge in [-0.3, -0.25) is 0 Å². The Hall–Kier alpha value is 1.32. The molecule has 0 heterocycles. The van der Waals surface area contributed by atoms with E-state index in [0.29, 0.717) is 0 Å². The van der Waals surface area contributed by atoms with Gasteiger partial charge in [0.05, 0.1) is 30.5 Å². The molecule has 0 atom stereocenters. The largest absolute Gasteiger partial charge is 0.354 e. The van der Waals surface area contributed by atoms with Gasteiger partial charge in [0, 0.05) is 26.4 Å². The first-order valence-corrected chi connectivity index (χ1v) is 21.8. The van der Waals surface area contributed by atoms with Gasteiger partial charge in [0.2, 0.25) is 0 Å². The highest BCUT2D eigenvalue weighted by atomic mass is 33.5. The first-order valence-electron chi connectivity index (χ1n) is 14.5. The third-order valence-electron chi connectivity index (χ3n) is 5.93. The Morgan fingerprint density at radius 2 is 0.800 bits per heavy atom. The Bertz CT molecular complexity index is 393. The number of hydrogen-bond donors (Lipinski definition) is 0. The van der Waals surface area contributed by atoms with Crippen molar-refractivity contribution in [2.24, 2.45) is 0 Å². The summed E-state index contributed by atoms with van der Waals surface area (Å²) >= 11 is 0. The van der Waals surface area contributed by atoms with Crippen molar-refractivity contribution in [3.63, 3.8) is 0 Å². The minimum Gasteiger partial charge on any atom is -0.354 e. The molecule has 0 aliphatic heterocycles. The van der Waals surface area contributed by atoms with E-state index < -0.39 is 19.0 Å². The third-order valence-corrected chi connectivity index (χ3v) is 15.9. The molecule has 0 aromatic rings. The zero-order valence-electron chi connectivity index (χ0n) is 24.0. The molecule has 0 radical (unpaired) electrons. The molecule has 0 saturated heterocycles. The van der Waals surface area contributed by atoms with Gasteiger partial charge < -0.3 is 18.9 Å². The van der Waals surface area contributed by atoms with Gasteiger partial charge in [0.1, 0.15) is 0 Å². The maximum Gasteiger partial charge on any atom is 0.154 e. The fraction of sp³-hybridized carbons (Fsp3) is 1.00. The summed E-state index contributed by atoms with van der Waals surface area (Å²) in [5, 5.41) is 0. The van der Waals surface area contributed by atoms with Crippen LogP contribution in [0.25, 0.3) is 0 Å². The lowest BCUT2D eigenvalue weighted by Gasteiger charge is -2.35. The van der Waals surface area contributed by atoms with E-state index in [1.165, 1.54) is 24.9 Å². The van der Waals surface area contributed by atoms with Gasteiger partial charge in [-0.25, -0.2) is 0 Å². The molecule has 0 aromatic heterocycles. The highest BCUT2D eigenvalue weighted by Crippen LogP contribution is 2.40. The molecule has 212 valence electrons. The first-order chi connectivity index (χ1) is 17.1. The standard InChI is InChI=1S/C26H58O4S3Si2/c1-7-13-17-27-25(34-21-11-5,28-18-14-8-2)23-31-33-32-24-26(35-22-12-6,29-19-15-9-3)30-20-16-10-4/h7-24,34-35H2,1-6H3. The van der Waals surface area contributed by atoms with Crippen molar-refractivity contribution < 1.29 is 18.9 Å². The van der Waals surface area contributed by atoms with E-state index in [2.05, 4.69) is 41.5 Å². The van der Waals surface area contributed by atoms with Crippen LogP contribution in [0.15, 0.2) is 0 Å². The van der Waals surface area contributed by atoms with Crippen LogP contribution in [-0.2, 0) is 18.9 Å². The van der Waals surface area contributed by atoms with Gasteiger partial charge in [-0.2, -0.15) is 0 Å². The minimum absolute atomic E-state index is 0.318. The Kier molecular flexibility index (Phi) is 26.6. The van der Waals surface area contributed by atoms with E-state index in [4.69, 9.17) is 18.9 Å². The van der Waals surface area contributed by atoms with E-state index >= 15 is 0 Å². The second kappa shape index (κ2) is 25.6. The average Bonchev–Trinajstić information content (AvgIpc) is 2.86. The molecule has 0 saturated carbocycles. The zero-order valence-corrected chi connectivity index (χ0v) is 29.3. The smallest absolute Gasteiger partial charge is 0.154 e. The summed E-state index contributed by atoms with van der Waals surface area (Å²) in [6, 6.07) is 2.55. The maximum atomic E-state index is 6.50. The predicted molar refractivity (Wildman–Crippen MR) is 169 cm³/mol. The van der Waals surface area contributed by atoms with Crippen molar-refractivity contribution in [1.29, 1.82) is 0 Å². The molecule has 0 spiro atoms. The van der Waals surface area contributed by atoms with Crippen LogP contribution in [0.1, 0.15) is 106 Å². The Balaban J connectivity index is 5.04. The lowest BCUT2D eigenvalue weighted by Crippen LogP contribution is -2.45. The summed E-state index contributed by atoms with van der Waals surface area (Å²) in [6.45, 7) is 16.8. The molecule has 0 rings (SSSR count). The highest BCUT2D eigenvalue weighted by Gasteiger charge is 2.34. The van der Waals surface area contributed by atoms with Crippen molar-refractivity contribution in [3.05, 3.63) is 0 Å². The Morgan fingerprint density at radius 1 is 0.486 bits per heavy atom. The molecule has 35 heavy (non-hydrogen) atoms. The van der Waals surface area contributed by atoms with E-state index in [-0.39, 0.29) is 10.8 Å². The fourth-order valence-electron chi connectivity index (χ4n) is 3.45. The predicted octanol–water partition coefficient (Wildman–Crippen LogP) is 7.58. The second-order valence-corrected chi connectivity index (χ2v) is 18.2. The van der Waals surface area contributed by atoms with E-state index in [1.807, 2.05) is 31.4 Å². The van der Waals surface area contributed by atoms with E-state index in [9.17, 15) is 0 Å². The van der Waals surface area contributed by atoms with Gasteiger partial charge in [0.15, 0.2) is 10.8 Å².